The molecule has 1 aliphatic carbocycles. The van der Waals surface area contributed by atoms with E-state index in [1.165, 1.54) is 12.1 Å². The van der Waals surface area contributed by atoms with E-state index in [1.54, 1.807) is 38.5 Å². The molecule has 29 heavy (non-hydrogen) atoms. The summed E-state index contributed by atoms with van der Waals surface area (Å²) < 4.78 is 15.0. The molecule has 0 unspecified atom stereocenters. The lowest BCUT2D eigenvalue weighted by Gasteiger charge is -2.38. The summed E-state index contributed by atoms with van der Waals surface area (Å²) in [6, 6.07) is 4.31. The number of aryl methyl sites for hydroxylation is 1. The predicted molar refractivity (Wildman–Crippen MR) is 109 cm³/mol. The Bertz CT molecular complexity index is 1020. The fourth-order valence-corrected chi connectivity index (χ4v) is 3.82. The number of anilines is 1. The molecule has 0 aliphatic heterocycles. The number of carbonyl (C=O) groups excluding carboxylic acids is 3. The van der Waals surface area contributed by atoms with Gasteiger partial charge in [0.25, 0.3) is 17.6 Å². The van der Waals surface area contributed by atoms with Crippen LogP contribution in [0.1, 0.15) is 63.9 Å². The maximum Gasteiger partial charge on any atom is 0.294 e. The summed E-state index contributed by atoms with van der Waals surface area (Å²) in [6.07, 6.45) is 2.73. The summed E-state index contributed by atoms with van der Waals surface area (Å²) in [5.74, 6) is -2.07. The Morgan fingerprint density at radius 1 is 1.14 bits per heavy atom. The molecule has 1 aromatic heterocycles. The zero-order valence-electron chi connectivity index (χ0n) is 17.4. The zero-order valence-corrected chi connectivity index (χ0v) is 17.4. The molecular formula is C22H26FN3O3. The Morgan fingerprint density at radius 3 is 2.34 bits per heavy atom. The van der Waals surface area contributed by atoms with E-state index in [2.05, 4.69) is 10.6 Å². The molecule has 1 aliphatic rings. The molecule has 0 atom stereocenters. The van der Waals surface area contributed by atoms with Crippen LogP contribution in [0.15, 0.2) is 18.2 Å². The Balaban J connectivity index is 1.87. The fourth-order valence-electron chi connectivity index (χ4n) is 3.82. The van der Waals surface area contributed by atoms with Gasteiger partial charge in [-0.2, -0.15) is 0 Å². The smallest absolute Gasteiger partial charge is 0.294 e. The molecule has 6 nitrogen and oxygen atoms in total. The van der Waals surface area contributed by atoms with Gasteiger partial charge in [-0.3, -0.25) is 14.4 Å². The second-order valence-electron chi connectivity index (χ2n) is 8.11. The minimum atomic E-state index is -0.656. The van der Waals surface area contributed by atoms with E-state index in [0.29, 0.717) is 28.1 Å². The monoisotopic (exact) mass is 399 g/mol. The van der Waals surface area contributed by atoms with Crippen LogP contribution in [-0.4, -0.2) is 27.7 Å². The Labute approximate surface area is 169 Å². The number of Topliss-reactive ketones (excluding diaryl/α,β-unsaturated/α-hetero) is 1. The lowest BCUT2D eigenvalue weighted by molar-refractivity contribution is -0.119. The molecule has 154 valence electrons. The number of nitrogens with zero attached hydrogens (tertiary/aromatic N) is 1. The summed E-state index contributed by atoms with van der Waals surface area (Å²) in [4.78, 5) is 38.2. The van der Waals surface area contributed by atoms with E-state index in [1.807, 2.05) is 6.92 Å². The van der Waals surface area contributed by atoms with Crippen molar-refractivity contribution in [1.29, 1.82) is 0 Å². The minimum Gasteiger partial charge on any atom is -0.344 e. The molecular weight excluding hydrogens is 373 g/mol. The van der Waals surface area contributed by atoms with Crippen molar-refractivity contribution in [2.75, 3.05) is 5.32 Å². The number of amides is 2. The number of hydrogen-bond donors (Lipinski definition) is 2. The molecule has 0 saturated heterocycles. The first-order valence-electron chi connectivity index (χ1n) is 9.64. The number of hydrogen-bond acceptors (Lipinski definition) is 3. The average Bonchev–Trinajstić information content (AvgIpc) is 2.85. The standard InChI is InChI=1S/C22H26FN3O3/c1-12-11-15(7-8-16(12)23)24-20(28)17-13(2)18(26(5)14(17)3)19(27)21(29)25-22(4)9-6-10-22/h7-8,11H,6,9-10H2,1-5H3,(H,24,28)(H,25,29). The second-order valence-corrected chi connectivity index (χ2v) is 8.11. The van der Waals surface area contributed by atoms with Crippen molar-refractivity contribution in [1.82, 2.24) is 9.88 Å². The van der Waals surface area contributed by atoms with Crippen LogP contribution < -0.4 is 10.6 Å². The molecule has 7 heteroatoms. The summed E-state index contributed by atoms with van der Waals surface area (Å²) in [5, 5.41) is 5.56. The molecule has 3 rings (SSSR count). The topological polar surface area (TPSA) is 80.2 Å². The maximum absolute atomic E-state index is 13.5. The van der Waals surface area contributed by atoms with E-state index in [4.69, 9.17) is 0 Å². The highest BCUT2D eigenvalue weighted by atomic mass is 19.1. The van der Waals surface area contributed by atoms with Gasteiger partial charge < -0.3 is 15.2 Å². The van der Waals surface area contributed by atoms with Crippen LogP contribution in [0.5, 0.6) is 0 Å². The predicted octanol–water partition coefficient (Wildman–Crippen LogP) is 3.58. The number of carbonyl (C=O) groups is 3. The van der Waals surface area contributed by atoms with Crippen LogP contribution in [0.2, 0.25) is 0 Å². The molecule has 2 amide bonds. The number of halogens is 1. The van der Waals surface area contributed by atoms with Crippen molar-refractivity contribution in [3.63, 3.8) is 0 Å². The van der Waals surface area contributed by atoms with Crippen LogP contribution in [0.3, 0.4) is 0 Å². The van der Waals surface area contributed by atoms with Crippen LogP contribution in [0.25, 0.3) is 0 Å². The molecule has 0 bridgehead atoms. The van der Waals surface area contributed by atoms with Gasteiger partial charge in [0.2, 0.25) is 0 Å². The quantitative estimate of drug-likeness (QED) is 0.596. The highest BCUT2D eigenvalue weighted by Crippen LogP contribution is 2.31. The Morgan fingerprint density at radius 2 is 1.79 bits per heavy atom. The van der Waals surface area contributed by atoms with Gasteiger partial charge in [-0.15, -0.1) is 0 Å². The minimum absolute atomic E-state index is 0.198. The zero-order chi connectivity index (χ0) is 21.5. The third-order valence-electron chi connectivity index (χ3n) is 5.87. The number of aromatic nitrogens is 1. The summed E-state index contributed by atoms with van der Waals surface area (Å²) in [6.45, 7) is 6.92. The Hall–Kier alpha value is -2.96. The van der Waals surface area contributed by atoms with E-state index < -0.39 is 17.6 Å². The highest BCUT2D eigenvalue weighted by Gasteiger charge is 2.36. The van der Waals surface area contributed by atoms with Crippen LogP contribution in [0.4, 0.5) is 10.1 Å². The highest BCUT2D eigenvalue weighted by molar-refractivity contribution is 6.43. The number of nitrogens with one attached hydrogen (secondary N) is 2. The van der Waals surface area contributed by atoms with Crippen molar-refractivity contribution in [2.45, 2.75) is 52.5 Å². The van der Waals surface area contributed by atoms with Gasteiger partial charge in [-0.25, -0.2) is 4.39 Å². The van der Waals surface area contributed by atoms with Crippen molar-refractivity contribution in [3.8, 4) is 0 Å². The van der Waals surface area contributed by atoms with E-state index in [9.17, 15) is 18.8 Å². The molecule has 1 fully saturated rings. The van der Waals surface area contributed by atoms with Gasteiger partial charge >= 0.3 is 0 Å². The number of benzene rings is 1. The second kappa shape index (κ2) is 7.46. The number of rotatable bonds is 5. The molecule has 1 aromatic carbocycles. The first kappa shape index (κ1) is 20.8. The SMILES string of the molecule is Cc1cc(NC(=O)c2c(C)c(C(=O)C(=O)NC3(C)CCC3)n(C)c2C)ccc1F. The van der Waals surface area contributed by atoms with Crippen molar-refractivity contribution in [3.05, 3.63) is 52.1 Å². The van der Waals surface area contributed by atoms with Crippen molar-refractivity contribution < 1.29 is 18.8 Å². The summed E-state index contributed by atoms with van der Waals surface area (Å²) in [7, 11) is 1.66. The lowest BCUT2D eigenvalue weighted by atomic mass is 9.78. The first-order chi connectivity index (χ1) is 13.5. The third kappa shape index (κ3) is 3.81. The lowest BCUT2D eigenvalue weighted by Crippen LogP contribution is -2.53. The molecule has 0 radical (unpaired) electrons. The molecule has 0 spiro atoms. The van der Waals surface area contributed by atoms with Crippen LogP contribution in [0, 0.1) is 26.6 Å². The molecule has 1 saturated carbocycles. The van der Waals surface area contributed by atoms with E-state index >= 15 is 0 Å². The fraction of sp³-hybridized carbons (Fsp3) is 0.409. The van der Waals surface area contributed by atoms with Gasteiger partial charge in [-0.1, -0.05) is 0 Å². The van der Waals surface area contributed by atoms with E-state index in [0.717, 1.165) is 19.3 Å². The molecule has 1 heterocycles. The Kier molecular flexibility index (Phi) is 5.34. The normalized spacial score (nSPS) is 14.8. The van der Waals surface area contributed by atoms with Crippen LogP contribution in [-0.2, 0) is 11.8 Å². The average molecular weight is 399 g/mol. The van der Waals surface area contributed by atoms with Crippen LogP contribution >= 0.6 is 0 Å². The molecule has 2 aromatic rings. The van der Waals surface area contributed by atoms with Gasteiger partial charge in [-0.05, 0) is 76.3 Å². The van der Waals surface area contributed by atoms with Gasteiger partial charge in [0, 0.05) is 24.0 Å². The largest absolute Gasteiger partial charge is 0.344 e. The number of ketones is 1. The van der Waals surface area contributed by atoms with E-state index in [-0.39, 0.29) is 17.1 Å². The molecule has 2 N–H and O–H groups in total. The maximum atomic E-state index is 13.5. The third-order valence-corrected chi connectivity index (χ3v) is 5.87. The summed E-state index contributed by atoms with van der Waals surface area (Å²) in [5.41, 5.74) is 2.09. The van der Waals surface area contributed by atoms with Gasteiger partial charge in [0.15, 0.2) is 0 Å². The van der Waals surface area contributed by atoms with Crippen molar-refractivity contribution in [2.24, 2.45) is 7.05 Å². The van der Waals surface area contributed by atoms with Crippen molar-refractivity contribution >= 4 is 23.3 Å². The first-order valence-corrected chi connectivity index (χ1v) is 9.64. The van der Waals surface area contributed by atoms with Gasteiger partial charge in [0.05, 0.1) is 11.3 Å². The summed E-state index contributed by atoms with van der Waals surface area (Å²) >= 11 is 0. The van der Waals surface area contributed by atoms with Gasteiger partial charge in [0.1, 0.15) is 5.82 Å².